The second-order valence-electron chi connectivity index (χ2n) is 6.55. The molecular formula is C18H38FN. The van der Waals surface area contributed by atoms with Gasteiger partial charge >= 0.3 is 0 Å². The van der Waals surface area contributed by atoms with Crippen molar-refractivity contribution < 1.29 is 4.70 Å². The molecule has 122 valence electrons. The lowest BCUT2D eigenvalue weighted by Crippen LogP contribution is -2.35. The third-order valence-corrected chi connectivity index (χ3v) is 4.76. The summed E-state index contributed by atoms with van der Waals surface area (Å²) < 4.78 is 0. The Balaban J connectivity index is 0.00000361. The molecule has 0 N–H and O–H groups in total. The van der Waals surface area contributed by atoms with Gasteiger partial charge in [0.25, 0.3) is 0 Å². The van der Waals surface area contributed by atoms with Crippen LogP contribution in [0.25, 0.3) is 0 Å². The Bertz CT molecular complexity index is 196. The maximum Gasteiger partial charge on any atom is 0.000956 e. The summed E-state index contributed by atoms with van der Waals surface area (Å²) in [6.07, 6.45) is 17.4. The van der Waals surface area contributed by atoms with E-state index in [0.29, 0.717) is 0 Å². The van der Waals surface area contributed by atoms with Crippen molar-refractivity contribution in [3.8, 4) is 0 Å². The molecule has 1 rings (SSSR count). The van der Waals surface area contributed by atoms with E-state index in [2.05, 4.69) is 18.7 Å². The lowest BCUT2D eigenvalue weighted by Gasteiger charge is -2.32. The predicted molar refractivity (Wildman–Crippen MR) is 89.2 cm³/mol. The van der Waals surface area contributed by atoms with Crippen LogP contribution >= 0.6 is 0 Å². The standard InChI is InChI=1S/C18H37N.FH/c1-3-5-6-7-8-9-10-11-12-15-19-16-13-14-18(4-2)17-19;/h18H,3-17H2,1-2H3;1H. The monoisotopic (exact) mass is 287 g/mol. The second kappa shape index (κ2) is 13.9. The first-order valence-corrected chi connectivity index (χ1v) is 9.09. The third kappa shape index (κ3) is 9.74. The highest BCUT2D eigenvalue weighted by Gasteiger charge is 2.17. The van der Waals surface area contributed by atoms with Gasteiger partial charge in [-0.1, -0.05) is 71.6 Å². The van der Waals surface area contributed by atoms with Gasteiger partial charge in [-0.3, -0.25) is 4.70 Å². The smallest absolute Gasteiger partial charge is 0.000956 e. The van der Waals surface area contributed by atoms with Gasteiger partial charge in [0.1, 0.15) is 0 Å². The molecule has 2 heteroatoms. The van der Waals surface area contributed by atoms with Crippen molar-refractivity contribution in [2.45, 2.75) is 90.9 Å². The van der Waals surface area contributed by atoms with Gasteiger partial charge in [-0.25, -0.2) is 0 Å². The van der Waals surface area contributed by atoms with E-state index >= 15 is 0 Å². The lowest BCUT2D eigenvalue weighted by atomic mass is 9.95. The molecule has 0 spiro atoms. The van der Waals surface area contributed by atoms with Crippen LogP contribution in [0.15, 0.2) is 0 Å². The summed E-state index contributed by atoms with van der Waals surface area (Å²) in [5.74, 6) is 0.993. The van der Waals surface area contributed by atoms with Crippen LogP contribution in [0.5, 0.6) is 0 Å². The highest BCUT2D eigenvalue weighted by molar-refractivity contribution is 4.71. The summed E-state index contributed by atoms with van der Waals surface area (Å²) in [6.45, 7) is 8.77. The molecule has 1 fully saturated rings. The molecule has 1 aliphatic heterocycles. The molecule has 0 aromatic carbocycles. The van der Waals surface area contributed by atoms with E-state index in [9.17, 15) is 0 Å². The zero-order valence-corrected chi connectivity index (χ0v) is 14.0. The number of halogens is 1. The Hall–Kier alpha value is -0.110. The summed E-state index contributed by atoms with van der Waals surface area (Å²) in [7, 11) is 0. The van der Waals surface area contributed by atoms with Crippen molar-refractivity contribution in [1.29, 1.82) is 0 Å². The van der Waals surface area contributed by atoms with E-state index < -0.39 is 0 Å². The molecule has 1 heterocycles. The topological polar surface area (TPSA) is 3.24 Å². The number of hydrogen-bond donors (Lipinski definition) is 0. The molecular weight excluding hydrogens is 249 g/mol. The molecule has 0 amide bonds. The molecule has 1 aliphatic rings. The molecule has 1 unspecified atom stereocenters. The molecule has 1 atom stereocenters. The molecule has 0 saturated carbocycles. The first-order chi connectivity index (χ1) is 9.36. The van der Waals surface area contributed by atoms with Crippen LogP contribution in [0.1, 0.15) is 90.9 Å². The maximum absolute atomic E-state index is 2.72. The normalized spacial score (nSPS) is 19.8. The van der Waals surface area contributed by atoms with Gasteiger partial charge in [0.2, 0.25) is 0 Å². The van der Waals surface area contributed by atoms with Gasteiger partial charge in [-0.2, -0.15) is 0 Å². The molecule has 1 nitrogen and oxygen atoms in total. The SMILES string of the molecule is CCCCCCCCCCCN1CCCC(CC)C1.F. The molecule has 20 heavy (non-hydrogen) atoms. The summed E-state index contributed by atoms with van der Waals surface area (Å²) in [5, 5.41) is 0. The first kappa shape index (κ1) is 19.9. The van der Waals surface area contributed by atoms with Gasteiger partial charge in [0.15, 0.2) is 0 Å². The Morgan fingerprint density at radius 3 is 2.05 bits per heavy atom. The Labute approximate surface area is 126 Å². The van der Waals surface area contributed by atoms with Crippen molar-refractivity contribution in [1.82, 2.24) is 4.90 Å². The van der Waals surface area contributed by atoms with E-state index in [1.54, 1.807) is 0 Å². The lowest BCUT2D eigenvalue weighted by molar-refractivity contribution is 0.169. The molecule has 0 bridgehead atoms. The summed E-state index contributed by atoms with van der Waals surface area (Å²) in [6, 6.07) is 0. The van der Waals surface area contributed by atoms with Crippen molar-refractivity contribution in [3.63, 3.8) is 0 Å². The largest absolute Gasteiger partial charge is 0.303 e. The van der Waals surface area contributed by atoms with Crippen LogP contribution in [0.3, 0.4) is 0 Å². The van der Waals surface area contributed by atoms with E-state index in [1.807, 2.05) is 0 Å². The Morgan fingerprint density at radius 2 is 1.45 bits per heavy atom. The van der Waals surface area contributed by atoms with Crippen molar-refractivity contribution >= 4 is 0 Å². The fraction of sp³-hybridized carbons (Fsp3) is 1.00. The van der Waals surface area contributed by atoms with Gasteiger partial charge < -0.3 is 4.90 Å². The molecule has 0 aliphatic carbocycles. The summed E-state index contributed by atoms with van der Waals surface area (Å²) in [4.78, 5) is 2.72. The average molecular weight is 288 g/mol. The minimum Gasteiger partial charge on any atom is -0.303 e. The van der Waals surface area contributed by atoms with Gasteiger partial charge in [0.05, 0.1) is 0 Å². The van der Waals surface area contributed by atoms with Crippen LogP contribution in [0.4, 0.5) is 4.70 Å². The summed E-state index contributed by atoms with van der Waals surface area (Å²) in [5.41, 5.74) is 0. The number of nitrogens with zero attached hydrogens (tertiary/aromatic N) is 1. The van der Waals surface area contributed by atoms with Crippen molar-refractivity contribution in [3.05, 3.63) is 0 Å². The number of likely N-dealkylation sites (tertiary alicyclic amines) is 1. The Morgan fingerprint density at radius 1 is 0.850 bits per heavy atom. The number of hydrogen-bond acceptors (Lipinski definition) is 1. The molecule has 1 saturated heterocycles. The maximum atomic E-state index is 2.72. The third-order valence-electron chi connectivity index (χ3n) is 4.76. The van der Waals surface area contributed by atoms with E-state index in [0.717, 1.165) is 5.92 Å². The molecule has 0 aromatic heterocycles. The number of unbranched alkanes of at least 4 members (excludes halogenated alkanes) is 8. The highest BCUT2D eigenvalue weighted by atomic mass is 19.0. The van der Waals surface area contributed by atoms with Crippen LogP contribution < -0.4 is 0 Å². The minimum absolute atomic E-state index is 0. The number of rotatable bonds is 11. The number of piperidine rings is 1. The van der Waals surface area contributed by atoms with E-state index in [4.69, 9.17) is 0 Å². The van der Waals surface area contributed by atoms with E-state index in [1.165, 1.54) is 96.7 Å². The second-order valence-corrected chi connectivity index (χ2v) is 6.55. The quantitative estimate of drug-likeness (QED) is 0.435. The van der Waals surface area contributed by atoms with Crippen LogP contribution in [0, 0.1) is 5.92 Å². The van der Waals surface area contributed by atoms with Crippen molar-refractivity contribution in [2.24, 2.45) is 5.92 Å². The van der Waals surface area contributed by atoms with Crippen LogP contribution in [0.2, 0.25) is 0 Å². The van der Waals surface area contributed by atoms with Gasteiger partial charge in [-0.15, -0.1) is 0 Å². The minimum atomic E-state index is 0. The highest BCUT2D eigenvalue weighted by Crippen LogP contribution is 2.19. The zero-order chi connectivity index (χ0) is 13.8. The molecule has 0 radical (unpaired) electrons. The zero-order valence-electron chi connectivity index (χ0n) is 14.0. The van der Waals surface area contributed by atoms with Crippen molar-refractivity contribution in [2.75, 3.05) is 19.6 Å². The predicted octanol–water partition coefficient (Wildman–Crippen LogP) is 5.79. The average Bonchev–Trinajstić information content (AvgIpc) is 2.46. The first-order valence-electron chi connectivity index (χ1n) is 9.09. The molecule has 0 aromatic rings. The fourth-order valence-electron chi connectivity index (χ4n) is 3.33. The van der Waals surface area contributed by atoms with Crippen LogP contribution in [-0.2, 0) is 0 Å². The summed E-state index contributed by atoms with van der Waals surface area (Å²) >= 11 is 0. The van der Waals surface area contributed by atoms with Crippen LogP contribution in [-0.4, -0.2) is 24.5 Å². The van der Waals surface area contributed by atoms with Gasteiger partial charge in [-0.05, 0) is 38.3 Å². The van der Waals surface area contributed by atoms with E-state index in [-0.39, 0.29) is 4.70 Å². The van der Waals surface area contributed by atoms with Gasteiger partial charge in [0, 0.05) is 6.54 Å². The Kier molecular flexibility index (Phi) is 13.8. The fourth-order valence-corrected chi connectivity index (χ4v) is 3.33.